The van der Waals surface area contributed by atoms with Gasteiger partial charge in [0, 0.05) is 32.0 Å². The Bertz CT molecular complexity index is 830. The largest absolute Gasteiger partial charge is 0.390 e. The van der Waals surface area contributed by atoms with Gasteiger partial charge in [-0.2, -0.15) is 5.10 Å². The minimum atomic E-state index is -0.443. The van der Waals surface area contributed by atoms with Crippen molar-refractivity contribution in [1.82, 2.24) is 19.7 Å². The number of benzene rings is 1. The quantitative estimate of drug-likeness (QED) is 0.778. The van der Waals surface area contributed by atoms with E-state index in [9.17, 15) is 5.11 Å². The number of aromatic nitrogens is 3. The van der Waals surface area contributed by atoms with Gasteiger partial charge in [-0.05, 0) is 35.7 Å². The number of β-amino-alcohol motifs (C(OH)–C–C–N with tert-alkyl or cyclic N) is 1. The van der Waals surface area contributed by atoms with Gasteiger partial charge in [0.1, 0.15) is 5.69 Å². The third kappa shape index (κ3) is 3.78. The lowest BCUT2D eigenvalue weighted by Gasteiger charge is -2.30. The van der Waals surface area contributed by atoms with Crippen molar-refractivity contribution in [3.05, 3.63) is 72.1 Å². The first kappa shape index (κ1) is 16.0. The molecule has 1 aliphatic heterocycles. The van der Waals surface area contributed by atoms with Gasteiger partial charge >= 0.3 is 0 Å². The molecule has 1 aromatic carbocycles. The highest BCUT2D eigenvalue weighted by atomic mass is 16.3. The van der Waals surface area contributed by atoms with Crippen molar-refractivity contribution in [3.63, 3.8) is 0 Å². The molecule has 4 rings (SSSR count). The van der Waals surface area contributed by atoms with Crippen molar-refractivity contribution < 1.29 is 5.11 Å². The van der Waals surface area contributed by atoms with E-state index in [4.69, 9.17) is 0 Å². The maximum atomic E-state index is 10.5. The number of nitrogens with zero attached hydrogens (tertiary/aromatic N) is 4. The van der Waals surface area contributed by atoms with E-state index in [1.165, 1.54) is 11.1 Å². The van der Waals surface area contributed by atoms with E-state index in [-0.39, 0.29) is 0 Å². The van der Waals surface area contributed by atoms with E-state index in [2.05, 4.69) is 39.2 Å². The van der Waals surface area contributed by atoms with Crippen molar-refractivity contribution in [1.29, 1.82) is 0 Å². The second kappa shape index (κ2) is 7.17. The molecule has 5 heteroatoms. The van der Waals surface area contributed by atoms with E-state index in [1.54, 1.807) is 10.9 Å². The standard InChI is InChI=1S/C20H22N4O/c25-18(14-23-11-8-16-5-1-2-6-17(16)13-23)15-24-12-9-20(22-24)19-7-3-4-10-21-19/h1-7,9-10,12,18,25H,8,11,13-15H2. The fourth-order valence-electron chi connectivity index (χ4n) is 3.40. The van der Waals surface area contributed by atoms with E-state index in [0.717, 1.165) is 30.9 Å². The lowest BCUT2D eigenvalue weighted by atomic mass is 10.00. The maximum absolute atomic E-state index is 10.5. The zero-order chi connectivity index (χ0) is 17.1. The monoisotopic (exact) mass is 334 g/mol. The van der Waals surface area contributed by atoms with Gasteiger partial charge < -0.3 is 5.11 Å². The normalized spacial score (nSPS) is 15.7. The van der Waals surface area contributed by atoms with Gasteiger partial charge in [0.2, 0.25) is 0 Å². The highest BCUT2D eigenvalue weighted by Gasteiger charge is 2.18. The zero-order valence-corrected chi connectivity index (χ0v) is 14.1. The summed E-state index contributed by atoms with van der Waals surface area (Å²) in [5.41, 5.74) is 4.49. The number of hydrogen-bond acceptors (Lipinski definition) is 4. The molecule has 3 heterocycles. The number of aliphatic hydroxyl groups excluding tert-OH is 1. The van der Waals surface area contributed by atoms with E-state index in [1.807, 2.05) is 30.5 Å². The summed E-state index contributed by atoms with van der Waals surface area (Å²) in [5, 5.41) is 15.0. The molecule has 5 nitrogen and oxygen atoms in total. The van der Waals surface area contributed by atoms with Crippen LogP contribution in [-0.4, -0.2) is 44.0 Å². The summed E-state index contributed by atoms with van der Waals surface area (Å²) in [6, 6.07) is 16.3. The van der Waals surface area contributed by atoms with Crippen LogP contribution in [0.2, 0.25) is 0 Å². The Morgan fingerprint density at radius 2 is 1.80 bits per heavy atom. The molecule has 1 atom stereocenters. The SMILES string of the molecule is OC(CN1CCc2ccccc2C1)Cn1ccc(-c2ccccn2)n1. The topological polar surface area (TPSA) is 54.2 Å². The highest BCUT2D eigenvalue weighted by molar-refractivity contribution is 5.52. The van der Waals surface area contributed by atoms with E-state index < -0.39 is 6.10 Å². The minimum Gasteiger partial charge on any atom is -0.390 e. The molecule has 1 N–H and O–H groups in total. The first-order chi connectivity index (χ1) is 12.3. The summed E-state index contributed by atoms with van der Waals surface area (Å²) in [4.78, 5) is 6.63. The van der Waals surface area contributed by atoms with Crippen LogP contribution in [0.1, 0.15) is 11.1 Å². The molecule has 25 heavy (non-hydrogen) atoms. The van der Waals surface area contributed by atoms with E-state index in [0.29, 0.717) is 13.1 Å². The first-order valence-electron chi connectivity index (χ1n) is 8.70. The fraction of sp³-hybridized carbons (Fsp3) is 0.300. The van der Waals surface area contributed by atoms with Gasteiger partial charge in [0.25, 0.3) is 0 Å². The van der Waals surface area contributed by atoms with Crippen LogP contribution >= 0.6 is 0 Å². The summed E-state index contributed by atoms with van der Waals surface area (Å²) in [6.07, 6.45) is 4.27. The lowest BCUT2D eigenvalue weighted by Crippen LogP contribution is -2.38. The average molecular weight is 334 g/mol. The van der Waals surface area contributed by atoms with Gasteiger partial charge in [0.05, 0.1) is 18.3 Å². The van der Waals surface area contributed by atoms with Crippen LogP contribution in [0.15, 0.2) is 60.9 Å². The average Bonchev–Trinajstić information content (AvgIpc) is 3.10. The number of rotatable bonds is 5. The van der Waals surface area contributed by atoms with Crippen molar-refractivity contribution in [2.75, 3.05) is 13.1 Å². The van der Waals surface area contributed by atoms with Crippen molar-refractivity contribution >= 4 is 0 Å². The Balaban J connectivity index is 1.35. The van der Waals surface area contributed by atoms with Crippen molar-refractivity contribution in [2.24, 2.45) is 0 Å². The van der Waals surface area contributed by atoms with Crippen LogP contribution in [0.4, 0.5) is 0 Å². The number of hydrogen-bond donors (Lipinski definition) is 1. The Labute approximate surface area is 147 Å². The number of aliphatic hydroxyl groups is 1. The smallest absolute Gasteiger partial charge is 0.111 e. The van der Waals surface area contributed by atoms with Crippen LogP contribution in [0.25, 0.3) is 11.4 Å². The van der Waals surface area contributed by atoms with Crippen molar-refractivity contribution in [3.8, 4) is 11.4 Å². The molecule has 2 aromatic heterocycles. The molecule has 128 valence electrons. The number of pyridine rings is 1. The molecule has 0 bridgehead atoms. The molecule has 0 aliphatic carbocycles. The Morgan fingerprint density at radius 3 is 2.64 bits per heavy atom. The molecule has 0 fully saturated rings. The minimum absolute atomic E-state index is 0.443. The summed E-state index contributed by atoms with van der Waals surface area (Å²) < 4.78 is 1.80. The van der Waals surface area contributed by atoms with Gasteiger partial charge in [-0.3, -0.25) is 14.6 Å². The second-order valence-electron chi connectivity index (χ2n) is 6.55. The molecule has 0 saturated carbocycles. The van der Waals surface area contributed by atoms with Crippen LogP contribution in [0, 0.1) is 0 Å². The molecule has 0 spiro atoms. The fourth-order valence-corrected chi connectivity index (χ4v) is 3.40. The Hall–Kier alpha value is -2.50. The van der Waals surface area contributed by atoms with Crippen LogP contribution < -0.4 is 0 Å². The molecule has 3 aromatic rings. The molecule has 0 radical (unpaired) electrons. The lowest BCUT2D eigenvalue weighted by molar-refractivity contribution is 0.0889. The molecule has 1 unspecified atom stereocenters. The summed E-state index contributed by atoms with van der Waals surface area (Å²) >= 11 is 0. The predicted octanol–water partition coefficient (Wildman–Crippen LogP) is 2.36. The Morgan fingerprint density at radius 1 is 0.960 bits per heavy atom. The third-order valence-electron chi connectivity index (χ3n) is 4.64. The van der Waals surface area contributed by atoms with Crippen molar-refractivity contribution in [2.45, 2.75) is 25.6 Å². The predicted molar refractivity (Wildman–Crippen MR) is 96.9 cm³/mol. The zero-order valence-electron chi connectivity index (χ0n) is 14.1. The van der Waals surface area contributed by atoms with Gasteiger partial charge in [0.15, 0.2) is 0 Å². The van der Waals surface area contributed by atoms with Crippen LogP contribution in [0.5, 0.6) is 0 Å². The summed E-state index contributed by atoms with van der Waals surface area (Å²) in [5.74, 6) is 0. The first-order valence-corrected chi connectivity index (χ1v) is 8.70. The number of fused-ring (bicyclic) bond motifs is 1. The van der Waals surface area contributed by atoms with Crippen LogP contribution in [0.3, 0.4) is 0 Å². The van der Waals surface area contributed by atoms with Gasteiger partial charge in [-0.1, -0.05) is 30.3 Å². The Kier molecular flexibility index (Phi) is 4.59. The maximum Gasteiger partial charge on any atom is 0.111 e. The molecule has 0 amide bonds. The van der Waals surface area contributed by atoms with E-state index >= 15 is 0 Å². The molecular weight excluding hydrogens is 312 g/mol. The van der Waals surface area contributed by atoms with Crippen LogP contribution in [-0.2, 0) is 19.5 Å². The molecule has 1 aliphatic rings. The molecule has 0 saturated heterocycles. The highest BCUT2D eigenvalue weighted by Crippen LogP contribution is 2.19. The second-order valence-corrected chi connectivity index (χ2v) is 6.55. The summed E-state index contributed by atoms with van der Waals surface area (Å²) in [6.45, 7) is 3.05. The summed E-state index contributed by atoms with van der Waals surface area (Å²) in [7, 11) is 0. The molecular formula is C20H22N4O. The van der Waals surface area contributed by atoms with Gasteiger partial charge in [-0.15, -0.1) is 0 Å². The van der Waals surface area contributed by atoms with Gasteiger partial charge in [-0.25, -0.2) is 0 Å². The third-order valence-corrected chi connectivity index (χ3v) is 4.64.